The standard InChI is InChI=1S/C20H26N2.C20H27N.C19H27N3O.C18H24N2/c1-12(2)18-13(3)21-19(22-14(18)4)16-7-8-17-15(11-16)9-10-20(17,5)6;1-13(2)19-14(3)12-18(21-15(19)4)16-8-10-17(11-9-16)20(5,6)7;1-10(2)15-12(4)21-18(22-17(15)20)16-11(3)8-13(9-14(16)23)19(5,6)7;1-12(2)16-11-19-17(20-13(16)3)14-7-9-15(10-8-14)18(4,5)6/h7-8,11-12H,9-10H2,1-6H3;8-13H,1-7H3;8-10,23H,1-7H3,(H2,20,21,22);7-12H,1-6H3. The van der Waals surface area contributed by atoms with Crippen molar-refractivity contribution in [3.05, 3.63) is 181 Å². The fourth-order valence-corrected chi connectivity index (χ4v) is 12.1. The summed E-state index contributed by atoms with van der Waals surface area (Å²) in [6, 6.07) is 30.3. The minimum Gasteiger partial charge on any atom is -0.507 e. The molecule has 458 valence electrons. The van der Waals surface area contributed by atoms with Crippen LogP contribution in [0.2, 0.25) is 0 Å². The number of pyridine rings is 1. The lowest BCUT2D eigenvalue weighted by atomic mass is 9.85. The first-order chi connectivity index (χ1) is 39.8. The van der Waals surface area contributed by atoms with Crippen molar-refractivity contribution in [3.63, 3.8) is 0 Å². The van der Waals surface area contributed by atoms with Gasteiger partial charge in [-0.25, -0.2) is 29.9 Å². The number of nitrogens with zero attached hydrogens (tertiary/aromatic N) is 7. The summed E-state index contributed by atoms with van der Waals surface area (Å²) < 4.78 is 0. The van der Waals surface area contributed by atoms with Crippen LogP contribution in [-0.4, -0.2) is 40.0 Å². The number of benzene rings is 4. The zero-order valence-electron chi connectivity index (χ0n) is 57.5. The molecule has 0 fully saturated rings. The van der Waals surface area contributed by atoms with E-state index < -0.39 is 0 Å². The van der Waals surface area contributed by atoms with Gasteiger partial charge >= 0.3 is 0 Å². The molecule has 4 heterocycles. The summed E-state index contributed by atoms with van der Waals surface area (Å²) in [5.41, 5.74) is 31.1. The zero-order valence-corrected chi connectivity index (χ0v) is 57.5. The Morgan fingerprint density at radius 2 is 0.919 bits per heavy atom. The predicted octanol–water partition coefficient (Wildman–Crippen LogP) is 20.2. The molecule has 4 aromatic carbocycles. The maximum atomic E-state index is 10.5. The molecule has 0 bridgehead atoms. The Hall–Kier alpha value is -7.13. The molecule has 1 aliphatic carbocycles. The summed E-state index contributed by atoms with van der Waals surface area (Å²) in [6.45, 7) is 56.3. The Balaban J connectivity index is 0.000000184. The third kappa shape index (κ3) is 16.3. The maximum Gasteiger partial charge on any atom is 0.165 e. The lowest BCUT2D eigenvalue weighted by Gasteiger charge is -2.21. The second kappa shape index (κ2) is 26.9. The molecule has 0 unspecified atom stereocenters. The van der Waals surface area contributed by atoms with E-state index in [-0.39, 0.29) is 27.9 Å². The number of rotatable bonds is 8. The molecule has 0 saturated heterocycles. The summed E-state index contributed by atoms with van der Waals surface area (Å²) in [6.07, 6.45) is 4.36. The molecule has 0 amide bonds. The first-order valence-electron chi connectivity index (χ1n) is 31.3. The molecule has 3 N–H and O–H groups in total. The number of nitrogens with two attached hydrogens (primary N) is 1. The van der Waals surface area contributed by atoms with E-state index >= 15 is 0 Å². The lowest BCUT2D eigenvalue weighted by molar-refractivity contribution is 0.472. The van der Waals surface area contributed by atoms with Crippen molar-refractivity contribution in [3.8, 4) is 51.2 Å². The van der Waals surface area contributed by atoms with E-state index in [9.17, 15) is 5.11 Å². The van der Waals surface area contributed by atoms with Gasteiger partial charge < -0.3 is 10.8 Å². The monoisotopic (exact) mass is 1160 g/mol. The van der Waals surface area contributed by atoms with Crippen LogP contribution in [0.1, 0.15) is 251 Å². The van der Waals surface area contributed by atoms with E-state index in [1.807, 2.05) is 20.0 Å². The van der Waals surface area contributed by atoms with Gasteiger partial charge in [0.25, 0.3) is 0 Å². The first kappa shape index (κ1) is 68.0. The van der Waals surface area contributed by atoms with Crippen LogP contribution in [0.5, 0.6) is 5.75 Å². The molecule has 9 rings (SSSR count). The number of fused-ring (bicyclic) bond motifs is 1. The second-order valence-corrected chi connectivity index (χ2v) is 29.1. The van der Waals surface area contributed by atoms with Crippen LogP contribution in [0.15, 0.2) is 91.1 Å². The summed E-state index contributed by atoms with van der Waals surface area (Å²) >= 11 is 0. The normalized spacial score (nSPS) is 13.0. The van der Waals surface area contributed by atoms with Gasteiger partial charge in [-0.15, -0.1) is 0 Å². The topological polar surface area (TPSA) is 136 Å². The lowest BCUT2D eigenvalue weighted by Crippen LogP contribution is -2.12. The molecular formula is C77H104N8O. The SMILES string of the molecule is Cc1cc(-c2ccc(C(C)(C)C)cc2)nc(C)c1C(C)C.Cc1cc(C(C)(C)C)cc(O)c1-c1nc(C)c(C(C)C)c(N)n1.Cc1nc(-c2ccc(C(C)(C)C)cc2)ncc1C(C)C.Cc1nc(-c2ccc3c(c2)CCC3(C)C)nc(C)c1C(C)C. The summed E-state index contributed by atoms with van der Waals surface area (Å²) in [4.78, 5) is 32.6. The number of aryl methyl sites for hydroxylation is 8. The van der Waals surface area contributed by atoms with E-state index in [0.717, 1.165) is 80.1 Å². The largest absolute Gasteiger partial charge is 0.507 e. The fraction of sp³-hybridized carbons (Fsp3) is 0.468. The highest BCUT2D eigenvalue weighted by atomic mass is 16.3. The Labute approximate surface area is 519 Å². The van der Waals surface area contributed by atoms with E-state index in [1.165, 1.54) is 56.5 Å². The van der Waals surface area contributed by atoms with Gasteiger partial charge in [-0.3, -0.25) is 4.98 Å². The molecule has 0 radical (unpaired) electrons. The third-order valence-corrected chi connectivity index (χ3v) is 16.9. The van der Waals surface area contributed by atoms with Crippen molar-refractivity contribution in [1.82, 2.24) is 34.9 Å². The molecule has 9 nitrogen and oxygen atoms in total. The van der Waals surface area contributed by atoms with Gasteiger partial charge in [0.15, 0.2) is 17.5 Å². The van der Waals surface area contributed by atoms with E-state index in [0.29, 0.717) is 40.4 Å². The van der Waals surface area contributed by atoms with Crippen molar-refractivity contribution in [2.45, 2.75) is 238 Å². The fourth-order valence-electron chi connectivity index (χ4n) is 12.1. The van der Waals surface area contributed by atoms with Crippen LogP contribution in [-0.2, 0) is 28.1 Å². The van der Waals surface area contributed by atoms with Gasteiger partial charge in [-0.1, -0.05) is 198 Å². The molecule has 8 aromatic rings. The van der Waals surface area contributed by atoms with Gasteiger partial charge in [0.2, 0.25) is 0 Å². The van der Waals surface area contributed by atoms with Crippen LogP contribution >= 0.6 is 0 Å². The zero-order chi connectivity index (χ0) is 64.3. The maximum absolute atomic E-state index is 10.5. The molecule has 9 heteroatoms. The number of nitrogen functional groups attached to an aromatic ring is 1. The Kier molecular flexibility index (Phi) is 21.2. The molecule has 0 aliphatic heterocycles. The quantitative estimate of drug-likeness (QED) is 0.152. The van der Waals surface area contributed by atoms with Gasteiger partial charge in [-0.2, -0.15) is 0 Å². The van der Waals surface area contributed by atoms with Crippen molar-refractivity contribution >= 4 is 5.82 Å². The number of phenols is 1. The average Bonchev–Trinajstić information content (AvgIpc) is 1.58. The van der Waals surface area contributed by atoms with Crippen molar-refractivity contribution in [2.24, 2.45) is 0 Å². The van der Waals surface area contributed by atoms with Crippen LogP contribution in [0, 0.1) is 48.5 Å². The average molecular weight is 1160 g/mol. The van der Waals surface area contributed by atoms with E-state index in [2.05, 4.69) is 265 Å². The van der Waals surface area contributed by atoms with Crippen LogP contribution in [0.25, 0.3) is 45.4 Å². The highest BCUT2D eigenvalue weighted by Gasteiger charge is 2.30. The highest BCUT2D eigenvalue weighted by molar-refractivity contribution is 5.71. The highest BCUT2D eigenvalue weighted by Crippen LogP contribution is 2.41. The molecule has 86 heavy (non-hydrogen) atoms. The predicted molar refractivity (Wildman–Crippen MR) is 365 cm³/mol. The first-order valence-corrected chi connectivity index (χ1v) is 31.3. The second-order valence-electron chi connectivity index (χ2n) is 29.1. The third-order valence-electron chi connectivity index (χ3n) is 16.9. The van der Waals surface area contributed by atoms with Crippen LogP contribution in [0.3, 0.4) is 0 Å². The number of aromatic hydroxyl groups is 1. The molecule has 0 spiro atoms. The number of phenolic OH excluding ortho intramolecular Hbond substituents is 1. The number of hydrogen-bond acceptors (Lipinski definition) is 9. The molecule has 0 atom stereocenters. The summed E-state index contributed by atoms with van der Waals surface area (Å²) in [5, 5.41) is 10.5. The number of aromatic nitrogens is 7. The number of anilines is 1. The van der Waals surface area contributed by atoms with Gasteiger partial charge in [0.1, 0.15) is 11.6 Å². The van der Waals surface area contributed by atoms with Gasteiger partial charge in [0, 0.05) is 56.9 Å². The molecule has 4 aromatic heterocycles. The molecular weight excluding hydrogens is 1050 g/mol. The number of hydrogen-bond donors (Lipinski definition) is 2. The van der Waals surface area contributed by atoms with Crippen LogP contribution in [0.4, 0.5) is 5.82 Å². The summed E-state index contributed by atoms with van der Waals surface area (Å²) in [5.74, 6) is 4.57. The van der Waals surface area contributed by atoms with Crippen LogP contribution < -0.4 is 5.73 Å². The van der Waals surface area contributed by atoms with Gasteiger partial charge in [0.05, 0.1) is 11.3 Å². The minimum absolute atomic E-state index is 0.0297. The Morgan fingerprint density at radius 3 is 1.37 bits per heavy atom. The molecule has 0 saturated carbocycles. The van der Waals surface area contributed by atoms with Crippen molar-refractivity contribution in [2.75, 3.05) is 5.73 Å². The summed E-state index contributed by atoms with van der Waals surface area (Å²) in [7, 11) is 0. The van der Waals surface area contributed by atoms with E-state index in [4.69, 9.17) is 20.7 Å². The Morgan fingerprint density at radius 1 is 0.453 bits per heavy atom. The smallest absolute Gasteiger partial charge is 0.165 e. The Bertz CT molecular complexity index is 3560. The van der Waals surface area contributed by atoms with Crippen molar-refractivity contribution < 1.29 is 5.11 Å². The van der Waals surface area contributed by atoms with Crippen molar-refractivity contribution in [1.29, 1.82) is 0 Å². The van der Waals surface area contributed by atoms with E-state index in [1.54, 1.807) is 6.07 Å². The molecule has 1 aliphatic rings. The minimum atomic E-state index is -0.0297. The van der Waals surface area contributed by atoms with Gasteiger partial charge in [-0.05, 0) is 180 Å².